The van der Waals surface area contributed by atoms with Gasteiger partial charge in [0.25, 0.3) is 0 Å². The van der Waals surface area contributed by atoms with Crippen LogP contribution in [0.5, 0.6) is 0 Å². The Morgan fingerprint density at radius 3 is 2.58 bits per heavy atom. The van der Waals surface area contributed by atoms with Gasteiger partial charge in [-0.2, -0.15) is 0 Å². The van der Waals surface area contributed by atoms with Crippen molar-refractivity contribution in [1.82, 2.24) is 4.90 Å². The highest BCUT2D eigenvalue weighted by atomic mass is 32.2. The Hall–Kier alpha value is -1.41. The summed E-state index contributed by atoms with van der Waals surface area (Å²) in [6.07, 6.45) is 1.62. The van der Waals surface area contributed by atoms with Crippen LogP contribution in [0.4, 0.5) is 5.69 Å². The number of rotatable bonds is 4. The summed E-state index contributed by atoms with van der Waals surface area (Å²) in [4.78, 5) is 30.7. The van der Waals surface area contributed by atoms with E-state index >= 15 is 0 Å². The number of nitrogens with zero attached hydrogens (tertiary/aromatic N) is 2. The van der Waals surface area contributed by atoms with Crippen molar-refractivity contribution in [1.29, 1.82) is 0 Å². The number of fused-ring (bicyclic) bond motifs is 1. The minimum absolute atomic E-state index is 0.115. The number of anilines is 1. The van der Waals surface area contributed by atoms with E-state index in [-0.39, 0.29) is 23.7 Å². The second kappa shape index (κ2) is 8.52. The van der Waals surface area contributed by atoms with Gasteiger partial charge in [-0.25, -0.2) is 0 Å². The normalized spacial score (nSPS) is 17.1. The molecule has 0 aliphatic carbocycles. The molecule has 0 aromatic heterocycles. The number of hydrogen-bond donors (Lipinski definition) is 0. The minimum atomic E-state index is -0.206. The summed E-state index contributed by atoms with van der Waals surface area (Å²) in [5.74, 6) is -0.372. The van der Waals surface area contributed by atoms with E-state index in [2.05, 4.69) is 4.90 Å². The molecule has 0 spiro atoms. The van der Waals surface area contributed by atoms with Crippen molar-refractivity contribution in [3.63, 3.8) is 0 Å². The fraction of sp³-hybridized carbons (Fsp3) is 0.316. The van der Waals surface area contributed by atoms with Gasteiger partial charge >= 0.3 is 0 Å². The third-order valence-electron chi connectivity index (χ3n) is 4.15. The standard InChI is InChI=1S/C19H20N2O2S3/c1-20(2)9-5-8-16(24)21-12-15(22)17(19-25-10-11-26-19)18(23)13-6-3-4-7-14(13)21/h3-4,6-7,10-11H,5,8-9,12H2,1-2H3. The summed E-state index contributed by atoms with van der Waals surface area (Å²) in [6, 6.07) is 7.36. The number of para-hydroxylation sites is 1. The number of thioether (sulfide) groups is 2. The second-order valence-electron chi connectivity index (χ2n) is 6.33. The molecule has 0 N–H and O–H groups in total. The van der Waals surface area contributed by atoms with E-state index in [0.717, 1.165) is 22.9 Å². The number of carbonyl (C=O) groups excluding carboxylic acids is 2. The van der Waals surface area contributed by atoms with Crippen LogP contribution in [0.3, 0.4) is 0 Å². The Kier molecular flexibility index (Phi) is 6.34. The van der Waals surface area contributed by atoms with Crippen molar-refractivity contribution < 1.29 is 9.59 Å². The summed E-state index contributed by atoms with van der Waals surface area (Å²) >= 11 is 8.49. The number of carbonyl (C=O) groups is 2. The molecule has 2 aliphatic rings. The molecule has 0 fully saturated rings. The quantitative estimate of drug-likeness (QED) is 0.425. The molecule has 1 aromatic rings. The van der Waals surface area contributed by atoms with Crippen LogP contribution in [0.15, 0.2) is 44.9 Å². The predicted octanol–water partition coefficient (Wildman–Crippen LogP) is 4.09. The SMILES string of the molecule is CN(C)CCCC(=S)N1CC(=O)C(=C2SC=CS2)C(=O)c2ccccc21. The van der Waals surface area contributed by atoms with Crippen LogP contribution in [-0.4, -0.2) is 48.6 Å². The molecule has 0 atom stereocenters. The molecule has 2 aliphatic heterocycles. The average molecular weight is 405 g/mol. The fourth-order valence-corrected chi connectivity index (χ4v) is 5.11. The molecule has 4 nitrogen and oxygen atoms in total. The fourth-order valence-electron chi connectivity index (χ4n) is 2.91. The van der Waals surface area contributed by atoms with Crippen LogP contribution in [0.2, 0.25) is 0 Å². The molecule has 26 heavy (non-hydrogen) atoms. The number of hydrogen-bond acceptors (Lipinski definition) is 6. The van der Waals surface area contributed by atoms with Crippen molar-refractivity contribution >= 4 is 58.0 Å². The zero-order chi connectivity index (χ0) is 18.7. The van der Waals surface area contributed by atoms with Crippen LogP contribution >= 0.6 is 35.7 Å². The first-order valence-electron chi connectivity index (χ1n) is 8.33. The molecule has 0 bridgehead atoms. The van der Waals surface area contributed by atoms with Crippen molar-refractivity contribution in [2.24, 2.45) is 0 Å². The number of ketones is 2. The zero-order valence-corrected chi connectivity index (χ0v) is 17.2. The van der Waals surface area contributed by atoms with Gasteiger partial charge in [0.2, 0.25) is 0 Å². The molecule has 3 rings (SSSR count). The van der Waals surface area contributed by atoms with E-state index in [9.17, 15) is 9.59 Å². The molecule has 0 radical (unpaired) electrons. The summed E-state index contributed by atoms with van der Waals surface area (Å²) < 4.78 is 0.759. The highest BCUT2D eigenvalue weighted by Gasteiger charge is 2.34. The van der Waals surface area contributed by atoms with Gasteiger partial charge in [-0.3, -0.25) is 9.59 Å². The first-order chi connectivity index (χ1) is 12.5. The van der Waals surface area contributed by atoms with Crippen LogP contribution in [0, 0.1) is 0 Å². The lowest BCUT2D eigenvalue weighted by Crippen LogP contribution is -2.34. The molecule has 2 heterocycles. The lowest BCUT2D eigenvalue weighted by Gasteiger charge is -2.24. The lowest BCUT2D eigenvalue weighted by molar-refractivity contribution is -0.113. The minimum Gasteiger partial charge on any atom is -0.327 e. The van der Waals surface area contributed by atoms with Gasteiger partial charge in [0.1, 0.15) is 0 Å². The smallest absolute Gasteiger partial charge is 0.200 e. The average Bonchev–Trinajstić information content (AvgIpc) is 3.10. The largest absolute Gasteiger partial charge is 0.327 e. The summed E-state index contributed by atoms with van der Waals surface area (Å²) in [5.41, 5.74) is 1.57. The monoisotopic (exact) mass is 404 g/mol. The lowest BCUT2D eigenvalue weighted by atomic mass is 10.0. The van der Waals surface area contributed by atoms with Gasteiger partial charge < -0.3 is 9.80 Å². The van der Waals surface area contributed by atoms with Gasteiger partial charge in [0, 0.05) is 5.56 Å². The van der Waals surface area contributed by atoms with Crippen molar-refractivity contribution in [2.75, 3.05) is 32.1 Å². The van der Waals surface area contributed by atoms with E-state index in [1.165, 1.54) is 23.5 Å². The van der Waals surface area contributed by atoms with Gasteiger partial charge in [0.15, 0.2) is 11.6 Å². The highest BCUT2D eigenvalue weighted by Crippen LogP contribution is 2.42. The third kappa shape index (κ3) is 4.11. The molecule has 0 amide bonds. The van der Waals surface area contributed by atoms with Crippen molar-refractivity contribution in [3.8, 4) is 0 Å². The Morgan fingerprint density at radius 1 is 1.19 bits per heavy atom. The maximum atomic E-state index is 13.1. The Balaban J connectivity index is 1.94. The number of Topliss-reactive ketones (excluding diaryl/α,β-unsaturated/α-hetero) is 2. The topological polar surface area (TPSA) is 40.6 Å². The Morgan fingerprint density at radius 2 is 1.88 bits per heavy atom. The molecule has 0 saturated heterocycles. The Labute approximate surface area is 167 Å². The van der Waals surface area contributed by atoms with E-state index in [1.54, 1.807) is 6.07 Å². The molecule has 136 valence electrons. The van der Waals surface area contributed by atoms with Gasteiger partial charge in [-0.15, -0.1) is 0 Å². The molecule has 1 aromatic carbocycles. The van der Waals surface area contributed by atoms with Gasteiger partial charge in [0.05, 0.1) is 27.0 Å². The second-order valence-corrected chi connectivity index (χ2v) is 8.89. The van der Waals surface area contributed by atoms with E-state index < -0.39 is 0 Å². The van der Waals surface area contributed by atoms with Crippen LogP contribution in [-0.2, 0) is 4.79 Å². The first-order valence-corrected chi connectivity index (χ1v) is 10.5. The molecular weight excluding hydrogens is 384 g/mol. The van der Waals surface area contributed by atoms with Gasteiger partial charge in [-0.1, -0.05) is 47.9 Å². The third-order valence-corrected chi connectivity index (χ3v) is 6.71. The van der Waals surface area contributed by atoms with Crippen molar-refractivity contribution in [2.45, 2.75) is 12.8 Å². The maximum absolute atomic E-state index is 13.1. The van der Waals surface area contributed by atoms with Crippen LogP contribution in [0.25, 0.3) is 0 Å². The van der Waals surface area contributed by atoms with Crippen LogP contribution in [0.1, 0.15) is 23.2 Å². The van der Waals surface area contributed by atoms with E-state index in [1.807, 2.05) is 48.0 Å². The molecule has 7 heteroatoms. The molecule has 0 unspecified atom stereocenters. The Bertz CT molecular complexity index is 805. The van der Waals surface area contributed by atoms with Crippen molar-refractivity contribution in [3.05, 3.63) is 50.5 Å². The van der Waals surface area contributed by atoms with Crippen LogP contribution < -0.4 is 4.90 Å². The summed E-state index contributed by atoms with van der Waals surface area (Å²) in [7, 11) is 4.05. The summed E-state index contributed by atoms with van der Waals surface area (Å²) in [5, 5.41) is 3.79. The summed E-state index contributed by atoms with van der Waals surface area (Å²) in [6.45, 7) is 1.04. The maximum Gasteiger partial charge on any atom is 0.200 e. The highest BCUT2D eigenvalue weighted by molar-refractivity contribution is 8.27. The number of benzene rings is 1. The van der Waals surface area contributed by atoms with E-state index in [4.69, 9.17) is 12.2 Å². The first kappa shape index (κ1) is 19.4. The number of thiocarbonyl (C=S) groups is 1. The molecule has 0 saturated carbocycles. The van der Waals surface area contributed by atoms with E-state index in [0.29, 0.717) is 17.0 Å². The predicted molar refractivity (Wildman–Crippen MR) is 115 cm³/mol. The molecular formula is C19H20N2O2S3. The van der Waals surface area contributed by atoms with Gasteiger partial charge in [-0.05, 0) is 56.4 Å². The zero-order valence-electron chi connectivity index (χ0n) is 14.7.